The molecule has 2 heteroatoms. The van der Waals surface area contributed by atoms with Crippen LogP contribution in [0.15, 0.2) is 11.6 Å². The van der Waals surface area contributed by atoms with Gasteiger partial charge < -0.3 is 10.2 Å². The zero-order valence-electron chi connectivity index (χ0n) is 20.6. The van der Waals surface area contributed by atoms with Gasteiger partial charge in [0.25, 0.3) is 0 Å². The maximum Gasteiger partial charge on any atom is 0.0603 e. The van der Waals surface area contributed by atoms with Gasteiger partial charge in [-0.05, 0) is 111 Å². The van der Waals surface area contributed by atoms with Crippen molar-refractivity contribution in [1.29, 1.82) is 0 Å². The van der Waals surface area contributed by atoms with Gasteiger partial charge in [-0.1, -0.05) is 46.3 Å². The predicted octanol–water partition coefficient (Wildman–Crippen LogP) is 6.36. The Morgan fingerprint density at radius 2 is 1.83 bits per heavy atom. The van der Waals surface area contributed by atoms with Crippen molar-refractivity contribution in [1.82, 2.24) is 0 Å². The maximum atomic E-state index is 10.4. The molecule has 166 valence electrons. The van der Waals surface area contributed by atoms with Crippen molar-refractivity contribution >= 4 is 0 Å². The van der Waals surface area contributed by atoms with Crippen LogP contribution in [0.25, 0.3) is 0 Å². The highest BCUT2D eigenvalue weighted by molar-refractivity contribution is 5.25. The van der Waals surface area contributed by atoms with Gasteiger partial charge in [0.15, 0.2) is 0 Å². The summed E-state index contributed by atoms with van der Waals surface area (Å²) in [7, 11) is 0. The predicted molar refractivity (Wildman–Crippen MR) is 120 cm³/mol. The second-order valence-electron chi connectivity index (χ2n) is 12.0. The van der Waals surface area contributed by atoms with Gasteiger partial charge in [-0.15, -0.1) is 0 Å². The van der Waals surface area contributed by atoms with Gasteiger partial charge in [-0.25, -0.2) is 0 Å². The SMILES string of the molecule is [2H][C@](O)(CC[C@@H](C)[C@H]1CC[C@H]2[C@@H]3CC=C4C[C@@H](O)CC[C@]4(C)[C@H]3CC[C@]12C)C(C)C. The molecule has 0 bridgehead atoms. The number of rotatable bonds is 5. The fraction of sp³-hybridized carbons (Fsp3) is 0.926. The highest BCUT2D eigenvalue weighted by Crippen LogP contribution is 2.67. The number of hydrogen-bond acceptors (Lipinski definition) is 2. The minimum absolute atomic E-state index is 0.00923. The molecule has 2 nitrogen and oxygen atoms in total. The topological polar surface area (TPSA) is 40.5 Å². The van der Waals surface area contributed by atoms with Crippen molar-refractivity contribution in [2.24, 2.45) is 46.3 Å². The minimum Gasteiger partial charge on any atom is -0.393 e. The Bertz CT molecular complexity index is 670. The molecular formula is C27H46O2. The van der Waals surface area contributed by atoms with E-state index >= 15 is 0 Å². The molecule has 4 aliphatic rings. The first kappa shape index (κ1) is 20.6. The summed E-state index contributed by atoms with van der Waals surface area (Å²) in [6, 6.07) is 0. The Hall–Kier alpha value is -0.340. The first-order valence-corrected chi connectivity index (χ1v) is 12.6. The van der Waals surface area contributed by atoms with E-state index in [1.807, 2.05) is 13.8 Å². The average Bonchev–Trinajstić information content (AvgIpc) is 3.04. The molecule has 0 amide bonds. The lowest BCUT2D eigenvalue weighted by molar-refractivity contribution is -0.0579. The van der Waals surface area contributed by atoms with Crippen molar-refractivity contribution < 1.29 is 11.6 Å². The zero-order chi connectivity index (χ0) is 21.9. The molecule has 0 spiro atoms. The number of fused-ring (bicyclic) bond motifs is 5. The number of hydrogen-bond donors (Lipinski definition) is 2. The van der Waals surface area contributed by atoms with Gasteiger partial charge in [0, 0.05) is 0 Å². The molecule has 3 fully saturated rings. The van der Waals surface area contributed by atoms with Crippen molar-refractivity contribution in [3.05, 3.63) is 11.6 Å². The lowest BCUT2D eigenvalue weighted by atomic mass is 9.47. The molecule has 2 N–H and O–H groups in total. The van der Waals surface area contributed by atoms with Crippen LogP contribution in [-0.4, -0.2) is 22.4 Å². The monoisotopic (exact) mass is 403 g/mol. The van der Waals surface area contributed by atoms with E-state index in [1.54, 1.807) is 5.57 Å². The normalized spacial score (nSPS) is 48.1. The van der Waals surface area contributed by atoms with Gasteiger partial charge in [-0.3, -0.25) is 0 Å². The second kappa shape index (κ2) is 7.97. The Kier molecular flexibility index (Phi) is 5.65. The van der Waals surface area contributed by atoms with Crippen LogP contribution in [0.3, 0.4) is 0 Å². The summed E-state index contributed by atoms with van der Waals surface area (Å²) in [5, 5.41) is 20.6. The lowest BCUT2D eigenvalue weighted by Gasteiger charge is -2.58. The molecule has 4 rings (SSSR count). The summed E-state index contributed by atoms with van der Waals surface area (Å²) in [5.41, 5.74) is 2.32. The van der Waals surface area contributed by atoms with E-state index in [0.717, 1.165) is 42.9 Å². The van der Waals surface area contributed by atoms with E-state index in [0.29, 0.717) is 23.2 Å². The van der Waals surface area contributed by atoms with Crippen molar-refractivity contribution in [3.63, 3.8) is 0 Å². The Balaban J connectivity index is 1.49. The van der Waals surface area contributed by atoms with Crippen LogP contribution in [0.2, 0.25) is 0 Å². The van der Waals surface area contributed by atoms with Crippen LogP contribution < -0.4 is 0 Å². The Labute approximate surface area is 181 Å². The summed E-state index contributed by atoms with van der Waals surface area (Å²) < 4.78 is 8.25. The van der Waals surface area contributed by atoms with Gasteiger partial charge in [-0.2, -0.15) is 0 Å². The second-order valence-corrected chi connectivity index (χ2v) is 12.0. The standard InChI is InChI=1S/C27H46O2/c1-17(2)25(29)11-6-18(3)22-9-10-23-21-8-7-19-16-20(28)12-14-26(19,4)24(21)13-15-27(22,23)5/h7,17-18,20-25,28-29H,6,8-16H2,1-5H3/t18-,20+,21+,22-,23+,24+,25+,26+,27-/m1/s1/i25D. The summed E-state index contributed by atoms with van der Waals surface area (Å²) in [6.45, 7) is 11.4. The van der Waals surface area contributed by atoms with Crippen LogP contribution in [0.5, 0.6) is 0 Å². The third kappa shape index (κ3) is 3.65. The molecule has 0 saturated heterocycles. The van der Waals surface area contributed by atoms with Gasteiger partial charge in [0.2, 0.25) is 0 Å². The molecule has 3 saturated carbocycles. The lowest BCUT2D eigenvalue weighted by Crippen LogP contribution is -2.50. The molecule has 29 heavy (non-hydrogen) atoms. The smallest absolute Gasteiger partial charge is 0.0603 e. The van der Waals surface area contributed by atoms with Gasteiger partial charge in [0.1, 0.15) is 0 Å². The van der Waals surface area contributed by atoms with Crippen molar-refractivity contribution in [3.8, 4) is 0 Å². The molecular weight excluding hydrogens is 356 g/mol. The number of aliphatic hydroxyl groups excluding tert-OH is 1. The molecule has 0 unspecified atom stereocenters. The summed E-state index contributed by atoms with van der Waals surface area (Å²) in [4.78, 5) is 0. The van der Waals surface area contributed by atoms with E-state index in [2.05, 4.69) is 26.8 Å². The van der Waals surface area contributed by atoms with Crippen LogP contribution in [0, 0.1) is 46.3 Å². The summed E-state index contributed by atoms with van der Waals surface area (Å²) in [5.74, 6) is 3.75. The molecule has 0 aromatic rings. The van der Waals surface area contributed by atoms with Gasteiger partial charge >= 0.3 is 0 Å². The van der Waals surface area contributed by atoms with E-state index in [-0.39, 0.29) is 12.0 Å². The maximum absolute atomic E-state index is 10.4. The largest absolute Gasteiger partial charge is 0.393 e. The van der Waals surface area contributed by atoms with Crippen LogP contribution in [0.4, 0.5) is 0 Å². The Morgan fingerprint density at radius 3 is 2.55 bits per heavy atom. The van der Waals surface area contributed by atoms with E-state index < -0.39 is 6.08 Å². The molecule has 0 aromatic heterocycles. The molecule has 0 radical (unpaired) electrons. The zero-order valence-corrected chi connectivity index (χ0v) is 19.6. The first-order valence-electron chi connectivity index (χ1n) is 13.1. The van der Waals surface area contributed by atoms with Crippen molar-refractivity contribution in [2.45, 2.75) is 111 Å². The van der Waals surface area contributed by atoms with Crippen LogP contribution in [0.1, 0.15) is 100 Å². The minimum atomic E-state index is -1.28. The molecule has 0 aliphatic heterocycles. The summed E-state index contributed by atoms with van der Waals surface area (Å²) in [6.07, 6.45) is 12.4. The first-order chi connectivity index (χ1) is 14.0. The number of aliphatic hydroxyl groups is 2. The Morgan fingerprint density at radius 1 is 1.07 bits per heavy atom. The van der Waals surface area contributed by atoms with Crippen LogP contribution in [-0.2, 0) is 0 Å². The quantitative estimate of drug-likeness (QED) is 0.524. The van der Waals surface area contributed by atoms with Crippen molar-refractivity contribution in [2.75, 3.05) is 0 Å². The fourth-order valence-electron chi connectivity index (χ4n) is 8.48. The fourth-order valence-corrected chi connectivity index (χ4v) is 8.48. The average molecular weight is 404 g/mol. The molecule has 4 aliphatic carbocycles. The van der Waals surface area contributed by atoms with Crippen LogP contribution >= 0.6 is 0 Å². The van der Waals surface area contributed by atoms with E-state index in [9.17, 15) is 10.2 Å². The van der Waals surface area contributed by atoms with E-state index in [4.69, 9.17) is 1.37 Å². The summed E-state index contributed by atoms with van der Waals surface area (Å²) >= 11 is 0. The third-order valence-electron chi connectivity index (χ3n) is 10.4. The molecule has 0 aromatic carbocycles. The molecule has 9 atom stereocenters. The highest BCUT2D eigenvalue weighted by Gasteiger charge is 2.59. The van der Waals surface area contributed by atoms with E-state index in [1.165, 1.54) is 38.5 Å². The highest BCUT2D eigenvalue weighted by atomic mass is 16.3. The van der Waals surface area contributed by atoms with Gasteiger partial charge in [0.05, 0.1) is 13.6 Å². The molecule has 0 heterocycles. The third-order valence-corrected chi connectivity index (χ3v) is 10.4. The number of allylic oxidation sites excluding steroid dienone is 1.